The van der Waals surface area contributed by atoms with E-state index in [2.05, 4.69) is 9.83 Å². The molecule has 0 rings (SSSR count). The smallest absolute Gasteiger partial charge is 0.294 e. The second-order valence-electron chi connectivity index (χ2n) is 3.54. The lowest BCUT2D eigenvalue weighted by Crippen LogP contribution is -2.02. The maximum atomic E-state index is 9.98. The topological polar surface area (TPSA) is 64.7 Å². The molecule has 0 aliphatic heterocycles. The molecular formula is C12H24N2O3S. The van der Waals surface area contributed by atoms with Gasteiger partial charge < -0.3 is 4.84 Å². The molecule has 106 valence electrons. The van der Waals surface area contributed by atoms with E-state index in [4.69, 9.17) is 0 Å². The van der Waals surface area contributed by atoms with Gasteiger partial charge in [0.2, 0.25) is 0 Å². The van der Waals surface area contributed by atoms with Crippen LogP contribution in [0.3, 0.4) is 0 Å². The number of allylic oxidation sites excluding steroid dienone is 1. The molecule has 0 atom stereocenters. The summed E-state index contributed by atoms with van der Waals surface area (Å²) in [5.41, 5.74) is 0.896. The molecule has 0 amide bonds. The summed E-state index contributed by atoms with van der Waals surface area (Å²) in [5.74, 6) is 0.396. The summed E-state index contributed by atoms with van der Waals surface area (Å²) in [6, 6.07) is 0. The molecule has 6 heteroatoms. The summed E-state index contributed by atoms with van der Waals surface area (Å²) in [5, 5.41) is 9.21. The van der Waals surface area contributed by atoms with Crippen LogP contribution in [0.1, 0.15) is 41.0 Å². The van der Waals surface area contributed by atoms with Crippen molar-refractivity contribution in [1.29, 1.82) is 0 Å². The fraction of sp³-hybridized carbons (Fsp3) is 0.750. The van der Waals surface area contributed by atoms with Crippen LogP contribution in [-0.4, -0.2) is 24.2 Å². The molecule has 0 fully saturated rings. The molecule has 0 heterocycles. The van der Waals surface area contributed by atoms with Crippen LogP contribution in [0, 0.1) is 16.0 Å². The Bertz CT molecular complexity index is 289. The first-order chi connectivity index (χ1) is 8.47. The highest BCUT2D eigenvalue weighted by molar-refractivity contribution is 8.02. The van der Waals surface area contributed by atoms with Gasteiger partial charge >= 0.3 is 0 Å². The Kier molecular flexibility index (Phi) is 13.3. The van der Waals surface area contributed by atoms with Gasteiger partial charge in [0.15, 0.2) is 0 Å². The summed E-state index contributed by atoms with van der Waals surface area (Å²) >= 11 is 1.54. The van der Waals surface area contributed by atoms with Gasteiger partial charge in [0.05, 0.1) is 0 Å². The van der Waals surface area contributed by atoms with Crippen LogP contribution >= 0.6 is 11.8 Å². The summed E-state index contributed by atoms with van der Waals surface area (Å²) in [6.45, 7) is 10.1. The largest absolute Gasteiger partial charge is 0.314 e. The average Bonchev–Trinajstić information content (AvgIpc) is 2.34. The lowest BCUT2D eigenvalue weighted by Gasteiger charge is -2.06. The monoisotopic (exact) mass is 276 g/mol. The first kappa shape index (κ1) is 19.3. The highest BCUT2D eigenvalue weighted by Crippen LogP contribution is 2.21. The Labute approximate surface area is 114 Å². The van der Waals surface area contributed by atoms with Crippen LogP contribution in [0.5, 0.6) is 0 Å². The normalized spacial score (nSPS) is 11.9. The van der Waals surface area contributed by atoms with Crippen molar-refractivity contribution in [3.05, 3.63) is 20.7 Å². The minimum atomic E-state index is -0.773. The number of aliphatic imine (C=N–C) groups is 1. The van der Waals surface area contributed by atoms with Crippen LogP contribution in [0.4, 0.5) is 0 Å². The van der Waals surface area contributed by atoms with Crippen molar-refractivity contribution in [2.24, 2.45) is 10.9 Å². The second kappa shape index (κ2) is 12.4. The van der Waals surface area contributed by atoms with Gasteiger partial charge in [-0.15, -0.1) is 21.9 Å². The molecule has 0 radical (unpaired) electrons. The Balaban J connectivity index is 0. The minimum Gasteiger partial charge on any atom is -0.314 e. The van der Waals surface area contributed by atoms with Crippen molar-refractivity contribution < 1.29 is 9.92 Å². The van der Waals surface area contributed by atoms with Gasteiger partial charge in [-0.3, -0.25) is 4.99 Å². The number of rotatable bonds is 7. The van der Waals surface area contributed by atoms with Gasteiger partial charge in [-0.2, -0.15) is 0 Å². The van der Waals surface area contributed by atoms with E-state index in [-0.39, 0.29) is 6.61 Å². The molecule has 0 spiro atoms. The molecule has 0 aliphatic carbocycles. The fourth-order valence-electron chi connectivity index (χ4n) is 0.976. The second-order valence-corrected chi connectivity index (χ2v) is 4.44. The zero-order valence-electron chi connectivity index (χ0n) is 12.1. The molecule has 0 aromatic carbocycles. The number of nitrogens with zero attached hydrogens (tertiary/aromatic N) is 2. The Morgan fingerprint density at radius 1 is 1.50 bits per heavy atom. The van der Waals surface area contributed by atoms with Gasteiger partial charge in [-0.05, 0) is 19.1 Å². The van der Waals surface area contributed by atoms with Crippen molar-refractivity contribution in [2.75, 3.05) is 12.9 Å². The van der Waals surface area contributed by atoms with Gasteiger partial charge in [-0.1, -0.05) is 27.7 Å². The van der Waals surface area contributed by atoms with Crippen LogP contribution < -0.4 is 0 Å². The summed E-state index contributed by atoms with van der Waals surface area (Å²) in [6.07, 6.45) is 4.30. The van der Waals surface area contributed by atoms with E-state index in [1.54, 1.807) is 11.8 Å². The van der Waals surface area contributed by atoms with Crippen LogP contribution in [0.15, 0.2) is 15.6 Å². The summed E-state index contributed by atoms with van der Waals surface area (Å²) in [7, 11) is 0. The quantitative estimate of drug-likeness (QED) is 0.401. The zero-order valence-corrected chi connectivity index (χ0v) is 12.9. The van der Waals surface area contributed by atoms with Crippen LogP contribution in [-0.2, 0) is 4.84 Å². The summed E-state index contributed by atoms with van der Waals surface area (Å²) in [4.78, 5) is 19.6. The molecule has 18 heavy (non-hydrogen) atoms. The highest BCUT2D eigenvalue weighted by Gasteiger charge is 2.02. The van der Waals surface area contributed by atoms with E-state index >= 15 is 0 Å². The lowest BCUT2D eigenvalue weighted by atomic mass is 10.2. The van der Waals surface area contributed by atoms with Crippen molar-refractivity contribution in [1.82, 2.24) is 0 Å². The minimum absolute atomic E-state index is 0.0811. The molecule has 0 aromatic rings. The van der Waals surface area contributed by atoms with Gasteiger partial charge in [-0.25, -0.2) is 0 Å². The highest BCUT2D eigenvalue weighted by atomic mass is 32.2. The molecule has 0 saturated heterocycles. The zero-order chi connectivity index (χ0) is 14.6. The molecule has 0 aliphatic rings. The molecule has 0 unspecified atom stereocenters. The maximum Gasteiger partial charge on any atom is 0.294 e. The lowest BCUT2D eigenvalue weighted by molar-refractivity contribution is -0.757. The predicted molar refractivity (Wildman–Crippen MR) is 78.5 cm³/mol. The van der Waals surface area contributed by atoms with E-state index in [0.29, 0.717) is 12.3 Å². The molecule has 0 N–H and O–H groups in total. The van der Waals surface area contributed by atoms with Crippen LogP contribution in [0.2, 0.25) is 0 Å². The van der Waals surface area contributed by atoms with E-state index in [0.717, 1.165) is 10.6 Å². The molecular weight excluding hydrogens is 252 g/mol. The van der Waals surface area contributed by atoms with E-state index in [1.807, 2.05) is 47.1 Å². The Morgan fingerprint density at radius 3 is 2.44 bits per heavy atom. The van der Waals surface area contributed by atoms with E-state index < -0.39 is 5.09 Å². The first-order valence-electron chi connectivity index (χ1n) is 6.02. The number of thioether (sulfide) groups is 1. The van der Waals surface area contributed by atoms with Crippen molar-refractivity contribution >= 4 is 18.0 Å². The third-order valence-electron chi connectivity index (χ3n) is 1.74. The fourth-order valence-corrected chi connectivity index (χ4v) is 1.61. The molecule has 5 nitrogen and oxygen atoms in total. The first-order valence-corrected chi connectivity index (χ1v) is 7.25. The Hall–Kier alpha value is -1.04. The van der Waals surface area contributed by atoms with Gasteiger partial charge in [0.25, 0.3) is 5.09 Å². The average molecular weight is 276 g/mol. The summed E-state index contributed by atoms with van der Waals surface area (Å²) < 4.78 is 0. The van der Waals surface area contributed by atoms with Crippen molar-refractivity contribution in [2.45, 2.75) is 41.0 Å². The van der Waals surface area contributed by atoms with Gasteiger partial charge in [0.1, 0.15) is 6.61 Å². The van der Waals surface area contributed by atoms with Crippen LogP contribution in [0.25, 0.3) is 0 Å². The third kappa shape index (κ3) is 11.4. The van der Waals surface area contributed by atoms with E-state index in [1.165, 1.54) is 0 Å². The molecule has 0 aromatic heterocycles. The number of hydrogen-bond acceptors (Lipinski definition) is 5. The van der Waals surface area contributed by atoms with Crippen molar-refractivity contribution in [3.8, 4) is 0 Å². The standard InChI is InChI=1S/C10H18N2O3S.C2H6/c1-8(2)7-11-9(3)10(16-4)5-6-15-12(13)14;1-2/h7-8H,5-6H2,1-4H3;1-2H3/b10-9-,11-7?;. The number of hydrogen-bond donors (Lipinski definition) is 0. The predicted octanol–water partition coefficient (Wildman–Crippen LogP) is 3.93. The van der Waals surface area contributed by atoms with Gasteiger partial charge in [0, 0.05) is 23.2 Å². The SMILES string of the molecule is CC.CS/C(CCO[N+](=O)[O-])=C(/C)N=CC(C)C. The van der Waals surface area contributed by atoms with Crippen molar-refractivity contribution in [3.63, 3.8) is 0 Å². The van der Waals surface area contributed by atoms with E-state index in [9.17, 15) is 10.1 Å². The molecule has 0 saturated carbocycles. The third-order valence-corrected chi connectivity index (χ3v) is 2.73. The Morgan fingerprint density at radius 2 is 2.06 bits per heavy atom. The molecule has 0 bridgehead atoms. The maximum absolute atomic E-state index is 9.98.